The van der Waals surface area contributed by atoms with E-state index in [1.54, 1.807) is 51.4 Å². The minimum Gasteiger partial charge on any atom is -0.0845 e. The monoisotopic (exact) mass is 402 g/mol. The maximum Gasteiger partial charge on any atom is -0.0168 e. The van der Waals surface area contributed by atoms with E-state index in [1.165, 1.54) is 11.8 Å². The van der Waals surface area contributed by atoms with Crippen molar-refractivity contribution in [2.24, 2.45) is 107 Å². The van der Waals surface area contributed by atoms with E-state index >= 15 is 0 Å². The lowest BCUT2D eigenvalue weighted by Crippen LogP contribution is -2.47. The van der Waals surface area contributed by atoms with Crippen LogP contribution >= 0.6 is 0 Å². The van der Waals surface area contributed by atoms with Gasteiger partial charge >= 0.3 is 0 Å². The van der Waals surface area contributed by atoms with E-state index < -0.39 is 0 Å². The lowest BCUT2D eigenvalue weighted by atomic mass is 9.54. The third-order valence-corrected chi connectivity index (χ3v) is 14.2. The summed E-state index contributed by atoms with van der Waals surface area (Å²) in [6.07, 6.45) is 18.8. The largest absolute Gasteiger partial charge is 0.0845 e. The molecule has 16 unspecified atom stereocenters. The van der Waals surface area contributed by atoms with Crippen molar-refractivity contribution >= 4 is 0 Å². The summed E-state index contributed by atoms with van der Waals surface area (Å²) in [6.45, 7) is 5.30. The van der Waals surface area contributed by atoms with Gasteiger partial charge in [0.25, 0.3) is 0 Å². The summed E-state index contributed by atoms with van der Waals surface area (Å²) in [5.74, 6) is 19.9. The molecule has 8 bridgehead atoms. The Kier molecular flexibility index (Phi) is 3.13. The topological polar surface area (TPSA) is 0 Å². The summed E-state index contributed by atoms with van der Waals surface area (Å²) < 4.78 is 0. The van der Waals surface area contributed by atoms with Crippen molar-refractivity contribution in [1.29, 1.82) is 0 Å². The van der Waals surface area contributed by atoms with Gasteiger partial charge in [0, 0.05) is 0 Å². The fourth-order valence-electron chi connectivity index (χ4n) is 14.4. The van der Waals surface area contributed by atoms with Crippen LogP contribution in [0.5, 0.6) is 0 Å². The maximum absolute atomic E-state index is 2.92. The summed E-state index contributed by atoms with van der Waals surface area (Å²) in [7, 11) is 0. The number of fused-ring (bicyclic) bond motifs is 24. The molecule has 0 aromatic rings. The van der Waals surface area contributed by atoms with Gasteiger partial charge in [0.1, 0.15) is 0 Å². The normalized spacial score (nSPS) is 69.8. The number of allylic oxidation sites excluding steroid dienone is 2. The Morgan fingerprint density at radius 2 is 0.900 bits per heavy atom. The van der Waals surface area contributed by atoms with Gasteiger partial charge in [-0.1, -0.05) is 26.0 Å². The van der Waals surface area contributed by atoms with Gasteiger partial charge in [-0.05, 0) is 158 Å². The summed E-state index contributed by atoms with van der Waals surface area (Å²) in [5.41, 5.74) is 0. The van der Waals surface area contributed by atoms with Crippen molar-refractivity contribution in [3.8, 4) is 0 Å². The van der Waals surface area contributed by atoms with Gasteiger partial charge in [-0.15, -0.1) is 0 Å². The van der Waals surface area contributed by atoms with Gasteiger partial charge < -0.3 is 0 Å². The third kappa shape index (κ3) is 1.74. The minimum atomic E-state index is 0.915. The molecule has 8 saturated carbocycles. The lowest BCUT2D eigenvalue weighted by Gasteiger charge is -2.51. The highest BCUT2D eigenvalue weighted by atomic mass is 14.8. The van der Waals surface area contributed by atoms with Crippen LogP contribution in [0.3, 0.4) is 0 Å². The molecular weight excluding hydrogens is 360 g/mol. The van der Waals surface area contributed by atoms with Gasteiger partial charge in [0.05, 0.1) is 0 Å². The average molecular weight is 403 g/mol. The molecular formula is C30H42. The minimum absolute atomic E-state index is 0.915. The number of hydrogen-bond donors (Lipinski definition) is 0. The standard InChI is InChI=1S/C30H42/c1-13(2)24-29-18(20-11-22(29)27-16-5-3-14(9-16)25(20)27)7-8-19-21-12-23(30(19)24)28-17-6-4-15(10-17)26(21)28/h7-8,13-30H,3-6,9-12H2,1-2H3. The molecule has 0 nitrogen and oxygen atoms in total. The van der Waals surface area contributed by atoms with Crippen LogP contribution in [0.1, 0.15) is 65.2 Å². The second-order valence-electron chi connectivity index (χ2n) is 14.6. The number of hydrogen-bond acceptors (Lipinski definition) is 0. The third-order valence-electron chi connectivity index (χ3n) is 14.2. The van der Waals surface area contributed by atoms with Crippen LogP contribution in [0, 0.1) is 107 Å². The molecule has 0 N–H and O–H groups in total. The summed E-state index contributed by atoms with van der Waals surface area (Å²) in [4.78, 5) is 0. The van der Waals surface area contributed by atoms with Crippen LogP contribution in [0.15, 0.2) is 12.2 Å². The first-order valence-electron chi connectivity index (χ1n) is 14.4. The molecule has 0 aliphatic heterocycles. The second-order valence-corrected chi connectivity index (χ2v) is 14.6. The van der Waals surface area contributed by atoms with Crippen molar-refractivity contribution in [3.05, 3.63) is 12.2 Å². The van der Waals surface area contributed by atoms with Crippen LogP contribution < -0.4 is 0 Å². The van der Waals surface area contributed by atoms with Gasteiger partial charge in [-0.3, -0.25) is 0 Å². The Bertz CT molecular complexity index is 745. The van der Waals surface area contributed by atoms with Gasteiger partial charge in [-0.25, -0.2) is 0 Å². The van der Waals surface area contributed by atoms with E-state index in [1.807, 2.05) is 0 Å². The highest BCUT2D eigenvalue weighted by molar-refractivity contribution is 5.25. The maximum atomic E-state index is 2.92. The van der Waals surface area contributed by atoms with Crippen molar-refractivity contribution in [2.75, 3.05) is 0 Å². The predicted molar refractivity (Wildman–Crippen MR) is 120 cm³/mol. The molecule has 0 heterocycles. The van der Waals surface area contributed by atoms with Crippen LogP contribution in [0.25, 0.3) is 0 Å². The van der Waals surface area contributed by atoms with E-state index in [0.717, 1.165) is 94.7 Å². The van der Waals surface area contributed by atoms with Crippen LogP contribution in [-0.4, -0.2) is 0 Å². The molecule has 0 aromatic heterocycles. The smallest absolute Gasteiger partial charge is 0.0168 e. The zero-order valence-electron chi connectivity index (χ0n) is 19.2. The molecule has 0 spiro atoms. The first-order chi connectivity index (χ1) is 14.7. The molecule has 16 atom stereocenters. The zero-order valence-corrected chi connectivity index (χ0v) is 19.2. The molecule has 0 amide bonds. The predicted octanol–water partition coefficient (Wildman–Crippen LogP) is 6.92. The first kappa shape index (κ1) is 17.2. The molecule has 162 valence electrons. The Morgan fingerprint density at radius 3 is 1.30 bits per heavy atom. The van der Waals surface area contributed by atoms with Gasteiger partial charge in [0.15, 0.2) is 0 Å². The van der Waals surface area contributed by atoms with Crippen LogP contribution in [0.4, 0.5) is 0 Å². The molecule has 0 radical (unpaired) electrons. The van der Waals surface area contributed by atoms with Crippen molar-refractivity contribution in [3.63, 3.8) is 0 Å². The summed E-state index contributed by atoms with van der Waals surface area (Å²) in [6, 6.07) is 0. The Morgan fingerprint density at radius 1 is 0.500 bits per heavy atom. The molecule has 30 heavy (non-hydrogen) atoms. The van der Waals surface area contributed by atoms with Crippen molar-refractivity contribution in [2.45, 2.75) is 65.2 Å². The fourth-order valence-corrected chi connectivity index (χ4v) is 14.4. The van der Waals surface area contributed by atoms with Crippen LogP contribution in [0.2, 0.25) is 0 Å². The highest BCUT2D eigenvalue weighted by Crippen LogP contribution is 2.77. The molecule has 0 aromatic carbocycles. The Hall–Kier alpha value is -0.260. The molecule has 0 heteroatoms. The second kappa shape index (κ2) is 5.44. The molecule has 8 fully saturated rings. The number of rotatable bonds is 1. The van der Waals surface area contributed by atoms with E-state index in [2.05, 4.69) is 26.0 Å². The molecule has 9 rings (SSSR count). The Labute approximate surface area is 184 Å². The summed E-state index contributed by atoms with van der Waals surface area (Å²) in [5, 5.41) is 0. The van der Waals surface area contributed by atoms with Gasteiger partial charge in [0.2, 0.25) is 0 Å². The van der Waals surface area contributed by atoms with E-state index in [0.29, 0.717) is 0 Å². The highest BCUT2D eigenvalue weighted by Gasteiger charge is 2.71. The van der Waals surface area contributed by atoms with Crippen LogP contribution in [-0.2, 0) is 0 Å². The van der Waals surface area contributed by atoms with Crippen molar-refractivity contribution in [1.82, 2.24) is 0 Å². The zero-order chi connectivity index (χ0) is 19.5. The van der Waals surface area contributed by atoms with E-state index in [9.17, 15) is 0 Å². The first-order valence-corrected chi connectivity index (χ1v) is 14.4. The average Bonchev–Trinajstić information content (AvgIpc) is 3.57. The fraction of sp³-hybridized carbons (Fsp3) is 0.933. The van der Waals surface area contributed by atoms with E-state index in [-0.39, 0.29) is 0 Å². The quantitative estimate of drug-likeness (QED) is 0.330. The Balaban J connectivity index is 1.15. The summed E-state index contributed by atoms with van der Waals surface area (Å²) >= 11 is 0. The SMILES string of the molecule is CC(C)C1C2C(C=CC3C4CC(C5C6CCC(C6)C45)C31)C1CC2C2C3CCC(C3)C12. The van der Waals surface area contributed by atoms with Crippen molar-refractivity contribution < 1.29 is 0 Å². The molecule has 9 aliphatic carbocycles. The lowest BCUT2D eigenvalue weighted by molar-refractivity contribution is -0.0314. The molecule has 9 aliphatic rings. The van der Waals surface area contributed by atoms with E-state index in [4.69, 9.17) is 0 Å². The molecule has 0 saturated heterocycles. The van der Waals surface area contributed by atoms with Gasteiger partial charge in [-0.2, -0.15) is 0 Å².